The Morgan fingerprint density at radius 2 is 1.76 bits per heavy atom. The third kappa shape index (κ3) is 4.99. The molecule has 1 aromatic heterocycles. The second-order valence-electron chi connectivity index (χ2n) is 7.39. The first kappa shape index (κ1) is 22.4. The summed E-state index contributed by atoms with van der Waals surface area (Å²) in [7, 11) is 2.94. The highest BCUT2D eigenvalue weighted by molar-refractivity contribution is 7.20. The van der Waals surface area contributed by atoms with Gasteiger partial charge >= 0.3 is 5.97 Å². The van der Waals surface area contributed by atoms with Crippen LogP contribution in [-0.2, 0) is 11.3 Å². The van der Waals surface area contributed by atoms with Crippen molar-refractivity contribution in [1.82, 2.24) is 0 Å². The minimum absolute atomic E-state index is 0.252. The number of carbonyl (C=O) groups is 2. The second kappa shape index (κ2) is 9.75. The van der Waals surface area contributed by atoms with Crippen molar-refractivity contribution >= 4 is 39.0 Å². The lowest BCUT2D eigenvalue weighted by molar-refractivity contribution is 0.0606. The van der Waals surface area contributed by atoms with Crippen LogP contribution in [0.1, 0.15) is 31.2 Å². The number of nitrogens with one attached hydrogen (secondary N) is 1. The van der Waals surface area contributed by atoms with E-state index in [0.717, 1.165) is 27.0 Å². The van der Waals surface area contributed by atoms with E-state index in [1.54, 1.807) is 31.4 Å². The summed E-state index contributed by atoms with van der Waals surface area (Å²) in [5, 5.41) is 3.78. The lowest BCUT2D eigenvalue weighted by Gasteiger charge is -2.13. The fraction of sp³-hybridized carbons (Fsp3) is 0.154. The van der Waals surface area contributed by atoms with Crippen molar-refractivity contribution in [2.45, 2.75) is 13.5 Å². The van der Waals surface area contributed by atoms with Crippen LogP contribution in [0.3, 0.4) is 0 Å². The summed E-state index contributed by atoms with van der Waals surface area (Å²) in [6.45, 7) is 2.25. The van der Waals surface area contributed by atoms with E-state index in [-0.39, 0.29) is 18.5 Å². The van der Waals surface area contributed by atoms with Crippen LogP contribution in [0.2, 0.25) is 0 Å². The van der Waals surface area contributed by atoms with Crippen molar-refractivity contribution in [3.05, 3.63) is 88.3 Å². The topological polar surface area (TPSA) is 73.9 Å². The van der Waals surface area contributed by atoms with Crippen LogP contribution >= 0.6 is 11.3 Å². The van der Waals surface area contributed by atoms with Crippen molar-refractivity contribution in [2.75, 3.05) is 19.5 Å². The van der Waals surface area contributed by atoms with Crippen LogP contribution in [0.25, 0.3) is 10.1 Å². The first-order valence-corrected chi connectivity index (χ1v) is 11.1. The molecule has 4 rings (SSSR count). The number of hydrogen-bond acceptors (Lipinski definition) is 6. The van der Waals surface area contributed by atoms with Gasteiger partial charge in [-0.1, -0.05) is 18.2 Å². The Kier molecular flexibility index (Phi) is 6.60. The standard InChI is InChI=1S/C26H23NO5S/c1-16-6-4-5-7-21(16)32-15-19-12-17(8-10-22(19)30-2)25(28)27-20-9-11-23-18(13-20)14-24(33-23)26(29)31-3/h4-14H,15H2,1-3H3,(H,27,28). The minimum Gasteiger partial charge on any atom is -0.496 e. The molecule has 0 fully saturated rings. The molecule has 0 atom stereocenters. The zero-order valence-corrected chi connectivity index (χ0v) is 19.3. The fourth-order valence-electron chi connectivity index (χ4n) is 3.43. The predicted molar refractivity (Wildman–Crippen MR) is 130 cm³/mol. The maximum absolute atomic E-state index is 12.9. The molecule has 6 nitrogen and oxygen atoms in total. The lowest BCUT2D eigenvalue weighted by atomic mass is 10.1. The van der Waals surface area contributed by atoms with Crippen molar-refractivity contribution < 1.29 is 23.8 Å². The molecular formula is C26H23NO5S. The molecule has 1 amide bonds. The summed E-state index contributed by atoms with van der Waals surface area (Å²) < 4.78 is 17.1. The number of fused-ring (bicyclic) bond motifs is 1. The molecule has 0 saturated carbocycles. The SMILES string of the molecule is COC(=O)c1cc2cc(NC(=O)c3ccc(OC)c(COc4ccccc4C)c3)ccc2s1. The summed E-state index contributed by atoms with van der Waals surface area (Å²) in [5.74, 6) is 0.804. The van der Waals surface area contributed by atoms with Gasteiger partial charge in [0.05, 0.1) is 14.2 Å². The molecule has 168 valence electrons. The van der Waals surface area contributed by atoms with Crippen LogP contribution in [0.15, 0.2) is 66.7 Å². The summed E-state index contributed by atoms with van der Waals surface area (Å²) >= 11 is 1.35. The van der Waals surface area contributed by atoms with E-state index in [4.69, 9.17) is 14.2 Å². The van der Waals surface area contributed by atoms with Gasteiger partial charge in [0.1, 0.15) is 23.0 Å². The number of methoxy groups -OCH3 is 2. The molecule has 1 N–H and O–H groups in total. The van der Waals surface area contributed by atoms with Gasteiger partial charge in [-0.2, -0.15) is 0 Å². The van der Waals surface area contributed by atoms with Crippen molar-refractivity contribution in [3.8, 4) is 11.5 Å². The number of hydrogen-bond donors (Lipinski definition) is 1. The molecule has 33 heavy (non-hydrogen) atoms. The van der Waals surface area contributed by atoms with Gasteiger partial charge in [0.15, 0.2) is 0 Å². The molecule has 3 aromatic carbocycles. The molecule has 7 heteroatoms. The van der Waals surface area contributed by atoms with Gasteiger partial charge < -0.3 is 19.5 Å². The zero-order valence-electron chi connectivity index (χ0n) is 18.5. The van der Waals surface area contributed by atoms with Crippen molar-refractivity contribution in [1.29, 1.82) is 0 Å². The number of esters is 1. The van der Waals surface area contributed by atoms with Gasteiger partial charge in [0.2, 0.25) is 0 Å². The average molecular weight is 462 g/mol. The maximum Gasteiger partial charge on any atom is 0.348 e. The predicted octanol–water partition coefficient (Wildman–Crippen LogP) is 5.84. The van der Waals surface area contributed by atoms with Gasteiger partial charge in [-0.05, 0) is 66.4 Å². The zero-order chi connectivity index (χ0) is 23.4. The molecule has 4 aromatic rings. The number of rotatable bonds is 7. The van der Waals surface area contributed by atoms with Crippen molar-refractivity contribution in [3.63, 3.8) is 0 Å². The molecule has 0 bridgehead atoms. The fourth-order valence-corrected chi connectivity index (χ4v) is 4.39. The van der Waals surface area contributed by atoms with Crippen molar-refractivity contribution in [2.24, 2.45) is 0 Å². The van der Waals surface area contributed by atoms with Gasteiger partial charge in [0.25, 0.3) is 5.91 Å². The van der Waals surface area contributed by atoms with E-state index < -0.39 is 0 Å². The number of anilines is 1. The Morgan fingerprint density at radius 3 is 2.52 bits per heavy atom. The largest absolute Gasteiger partial charge is 0.496 e. The second-order valence-corrected chi connectivity index (χ2v) is 8.47. The van der Waals surface area contributed by atoms with Gasteiger partial charge in [-0.15, -0.1) is 11.3 Å². The number of ether oxygens (including phenoxy) is 3. The third-order valence-electron chi connectivity index (χ3n) is 5.18. The Morgan fingerprint density at radius 1 is 0.939 bits per heavy atom. The van der Waals surface area contributed by atoms with Gasteiger partial charge in [-0.25, -0.2) is 4.79 Å². The van der Waals surface area contributed by atoms with Gasteiger partial charge in [-0.3, -0.25) is 4.79 Å². The van der Waals surface area contributed by atoms with E-state index >= 15 is 0 Å². The smallest absolute Gasteiger partial charge is 0.348 e. The quantitative estimate of drug-likeness (QED) is 0.350. The minimum atomic E-state index is -0.375. The molecular weight excluding hydrogens is 438 g/mol. The summed E-state index contributed by atoms with van der Waals surface area (Å²) in [6.07, 6.45) is 0. The molecule has 0 aliphatic heterocycles. The van der Waals surface area contributed by atoms with E-state index in [1.165, 1.54) is 18.4 Å². The van der Waals surface area contributed by atoms with Crippen LogP contribution in [0.5, 0.6) is 11.5 Å². The first-order valence-electron chi connectivity index (χ1n) is 10.3. The molecule has 0 aliphatic carbocycles. The first-order chi connectivity index (χ1) is 16.0. The van der Waals surface area contributed by atoms with Crippen LogP contribution in [0, 0.1) is 6.92 Å². The highest BCUT2D eigenvalue weighted by Gasteiger charge is 2.14. The Balaban J connectivity index is 1.52. The third-order valence-corrected chi connectivity index (χ3v) is 6.28. The van der Waals surface area contributed by atoms with Crippen LogP contribution in [-0.4, -0.2) is 26.1 Å². The molecule has 0 unspecified atom stereocenters. The highest BCUT2D eigenvalue weighted by atomic mass is 32.1. The lowest BCUT2D eigenvalue weighted by Crippen LogP contribution is -2.12. The number of amides is 1. The molecule has 1 heterocycles. The Labute approximate surface area is 195 Å². The Hall–Kier alpha value is -3.84. The number of carbonyl (C=O) groups excluding carboxylic acids is 2. The van der Waals surface area contributed by atoms with E-state index in [0.29, 0.717) is 21.9 Å². The van der Waals surface area contributed by atoms with Gasteiger partial charge in [0, 0.05) is 21.5 Å². The molecule has 0 radical (unpaired) electrons. The van der Waals surface area contributed by atoms with E-state index in [9.17, 15) is 9.59 Å². The normalized spacial score (nSPS) is 10.6. The van der Waals surface area contributed by atoms with Crippen LogP contribution < -0.4 is 14.8 Å². The summed E-state index contributed by atoms with van der Waals surface area (Å²) in [4.78, 5) is 25.2. The molecule has 0 aliphatic rings. The molecule has 0 spiro atoms. The number of thiophene rings is 1. The maximum atomic E-state index is 12.9. The van der Waals surface area contributed by atoms with E-state index in [1.807, 2.05) is 49.4 Å². The average Bonchev–Trinajstić information content (AvgIpc) is 3.26. The number of benzene rings is 3. The van der Waals surface area contributed by atoms with E-state index in [2.05, 4.69) is 5.32 Å². The Bertz CT molecular complexity index is 1330. The monoisotopic (exact) mass is 461 g/mol. The number of aryl methyl sites for hydroxylation is 1. The summed E-state index contributed by atoms with van der Waals surface area (Å²) in [5.41, 5.74) is 2.92. The summed E-state index contributed by atoms with van der Waals surface area (Å²) in [6, 6.07) is 20.3. The highest BCUT2D eigenvalue weighted by Crippen LogP contribution is 2.29. The molecule has 0 saturated heterocycles. The van der Waals surface area contributed by atoms with Crippen LogP contribution in [0.4, 0.5) is 5.69 Å². The number of para-hydroxylation sites is 1.